The van der Waals surface area contributed by atoms with Gasteiger partial charge in [0.2, 0.25) is 0 Å². The number of carboxylic acid groups (broad SMARTS) is 1. The molecular weight excluding hydrogens is 298 g/mol. The molecule has 0 aliphatic carbocycles. The number of nitrogens with one attached hydrogen (secondary N) is 1. The summed E-state index contributed by atoms with van der Waals surface area (Å²) in [7, 11) is 0. The molecule has 0 saturated carbocycles. The number of hydrogen-bond donors (Lipinski definition) is 2. The van der Waals surface area contributed by atoms with Crippen molar-refractivity contribution in [2.24, 2.45) is 0 Å². The molecule has 0 spiro atoms. The van der Waals surface area contributed by atoms with Gasteiger partial charge >= 0.3 is 5.97 Å². The quantitative estimate of drug-likeness (QED) is 0.812. The highest BCUT2D eigenvalue weighted by Crippen LogP contribution is 2.24. The van der Waals surface area contributed by atoms with Crippen LogP contribution in [0, 0.1) is 0 Å². The van der Waals surface area contributed by atoms with Crippen LogP contribution in [0.4, 0.5) is 0 Å². The summed E-state index contributed by atoms with van der Waals surface area (Å²) in [6, 6.07) is 5.58. The van der Waals surface area contributed by atoms with E-state index < -0.39 is 12.1 Å². The van der Waals surface area contributed by atoms with Gasteiger partial charge in [-0.1, -0.05) is 29.8 Å². The molecular formula is C13H18BrNO3. The zero-order valence-electron chi connectivity index (χ0n) is 10.6. The summed E-state index contributed by atoms with van der Waals surface area (Å²) < 4.78 is 6.50. The summed E-state index contributed by atoms with van der Waals surface area (Å²) in [4.78, 5) is 11.0. The first kappa shape index (κ1) is 15.0. The van der Waals surface area contributed by atoms with E-state index in [1.165, 1.54) is 0 Å². The van der Waals surface area contributed by atoms with Crippen LogP contribution in [0.1, 0.15) is 25.8 Å². The number of carbonyl (C=O) groups is 1. The van der Waals surface area contributed by atoms with Gasteiger partial charge in [-0.25, -0.2) is 4.79 Å². The lowest BCUT2D eigenvalue weighted by Gasteiger charge is -2.17. The summed E-state index contributed by atoms with van der Waals surface area (Å²) in [6.45, 7) is 5.32. The molecule has 0 amide bonds. The summed E-state index contributed by atoms with van der Waals surface area (Å²) in [5.74, 6) is -0.316. The zero-order valence-corrected chi connectivity index (χ0v) is 12.2. The third kappa shape index (κ3) is 4.31. The molecule has 0 radical (unpaired) electrons. The maximum absolute atomic E-state index is 11.0. The Morgan fingerprint density at radius 2 is 2.22 bits per heavy atom. The van der Waals surface area contributed by atoms with Crippen LogP contribution in [0.2, 0.25) is 0 Å². The van der Waals surface area contributed by atoms with Crippen molar-refractivity contribution in [2.75, 3.05) is 6.54 Å². The van der Waals surface area contributed by atoms with E-state index in [1.54, 1.807) is 13.0 Å². The van der Waals surface area contributed by atoms with Gasteiger partial charge in [0.15, 0.2) is 6.10 Å². The van der Waals surface area contributed by atoms with Gasteiger partial charge in [-0.05, 0) is 31.2 Å². The lowest BCUT2D eigenvalue weighted by molar-refractivity contribution is -0.145. The predicted octanol–water partition coefficient (Wildman–Crippen LogP) is 2.80. The second-order valence-corrected chi connectivity index (χ2v) is 4.80. The van der Waals surface area contributed by atoms with Crippen LogP contribution in [0.15, 0.2) is 22.7 Å². The SMILES string of the molecule is CCNCc1cc(Br)ccc1OC(CC)C(=O)O. The lowest BCUT2D eigenvalue weighted by atomic mass is 10.2. The molecule has 0 heterocycles. The minimum absolute atomic E-state index is 0.437. The summed E-state index contributed by atoms with van der Waals surface area (Å²) >= 11 is 3.40. The lowest BCUT2D eigenvalue weighted by Crippen LogP contribution is -2.26. The monoisotopic (exact) mass is 315 g/mol. The zero-order chi connectivity index (χ0) is 13.5. The molecule has 0 saturated heterocycles. The minimum atomic E-state index is -0.935. The Hall–Kier alpha value is -1.07. The van der Waals surface area contributed by atoms with Crippen LogP contribution < -0.4 is 10.1 Å². The molecule has 5 heteroatoms. The van der Waals surface area contributed by atoms with Crippen LogP contribution in [-0.2, 0) is 11.3 Å². The number of benzene rings is 1. The van der Waals surface area contributed by atoms with Gasteiger partial charge in [-0.15, -0.1) is 0 Å². The van der Waals surface area contributed by atoms with Crippen molar-refractivity contribution in [1.29, 1.82) is 0 Å². The topological polar surface area (TPSA) is 58.6 Å². The van der Waals surface area contributed by atoms with Crippen LogP contribution in [0.5, 0.6) is 5.75 Å². The van der Waals surface area contributed by atoms with Crippen molar-refractivity contribution in [3.63, 3.8) is 0 Å². The van der Waals surface area contributed by atoms with E-state index >= 15 is 0 Å². The Kier molecular flexibility index (Phi) is 6.15. The van der Waals surface area contributed by atoms with Crippen molar-refractivity contribution in [3.05, 3.63) is 28.2 Å². The third-order valence-corrected chi connectivity index (χ3v) is 3.00. The van der Waals surface area contributed by atoms with Crippen molar-refractivity contribution in [1.82, 2.24) is 5.32 Å². The molecule has 1 atom stereocenters. The summed E-state index contributed by atoms with van der Waals surface area (Å²) in [6.07, 6.45) is -0.363. The molecule has 100 valence electrons. The van der Waals surface area contributed by atoms with Crippen molar-refractivity contribution >= 4 is 21.9 Å². The average Bonchev–Trinajstić information content (AvgIpc) is 2.34. The van der Waals surface area contributed by atoms with E-state index in [0.29, 0.717) is 18.7 Å². The Morgan fingerprint density at radius 1 is 1.50 bits per heavy atom. The molecule has 1 aromatic carbocycles. The Bertz CT molecular complexity index is 409. The van der Waals surface area contributed by atoms with Crippen molar-refractivity contribution in [2.45, 2.75) is 32.9 Å². The molecule has 4 nitrogen and oxygen atoms in total. The highest BCUT2D eigenvalue weighted by Gasteiger charge is 2.18. The van der Waals surface area contributed by atoms with Crippen LogP contribution in [0.25, 0.3) is 0 Å². The maximum Gasteiger partial charge on any atom is 0.344 e. The largest absolute Gasteiger partial charge is 0.479 e. The predicted molar refractivity (Wildman–Crippen MR) is 73.9 cm³/mol. The fraction of sp³-hybridized carbons (Fsp3) is 0.462. The van der Waals surface area contributed by atoms with E-state index in [4.69, 9.17) is 9.84 Å². The first-order valence-corrected chi connectivity index (χ1v) is 6.76. The first-order valence-electron chi connectivity index (χ1n) is 5.97. The number of halogens is 1. The van der Waals surface area contributed by atoms with Gasteiger partial charge in [-0.2, -0.15) is 0 Å². The minimum Gasteiger partial charge on any atom is -0.479 e. The molecule has 1 rings (SSSR count). The molecule has 1 unspecified atom stereocenters. The maximum atomic E-state index is 11.0. The number of aliphatic carboxylic acids is 1. The molecule has 0 aromatic heterocycles. The van der Waals surface area contributed by atoms with Crippen LogP contribution in [0.3, 0.4) is 0 Å². The van der Waals surface area contributed by atoms with E-state index in [0.717, 1.165) is 16.6 Å². The molecule has 1 aromatic rings. The van der Waals surface area contributed by atoms with Gasteiger partial charge in [0.05, 0.1) is 0 Å². The normalized spacial score (nSPS) is 12.2. The van der Waals surface area contributed by atoms with Gasteiger partial charge < -0.3 is 15.2 Å². The number of hydrogen-bond acceptors (Lipinski definition) is 3. The number of rotatable bonds is 7. The van der Waals surface area contributed by atoms with Gasteiger partial charge in [-0.3, -0.25) is 0 Å². The molecule has 0 bridgehead atoms. The number of carboxylic acids is 1. The van der Waals surface area contributed by atoms with Gasteiger partial charge in [0.1, 0.15) is 5.75 Å². The van der Waals surface area contributed by atoms with E-state index in [9.17, 15) is 4.79 Å². The fourth-order valence-corrected chi connectivity index (χ4v) is 1.93. The van der Waals surface area contributed by atoms with Crippen LogP contribution >= 0.6 is 15.9 Å². The second kappa shape index (κ2) is 7.38. The van der Waals surface area contributed by atoms with E-state index in [-0.39, 0.29) is 0 Å². The fourth-order valence-electron chi connectivity index (χ4n) is 1.52. The third-order valence-electron chi connectivity index (χ3n) is 2.50. The van der Waals surface area contributed by atoms with Crippen molar-refractivity contribution in [3.8, 4) is 5.75 Å². The second-order valence-electron chi connectivity index (χ2n) is 3.89. The molecule has 0 aliphatic heterocycles. The number of ether oxygens (including phenoxy) is 1. The molecule has 0 fully saturated rings. The van der Waals surface area contributed by atoms with E-state index in [2.05, 4.69) is 21.2 Å². The standard InChI is InChI=1S/C13H18BrNO3/c1-3-11(13(16)17)18-12-6-5-10(14)7-9(12)8-15-4-2/h5-7,11,15H,3-4,8H2,1-2H3,(H,16,17). The Balaban J connectivity index is 2.89. The summed E-state index contributed by atoms with van der Waals surface area (Å²) in [5, 5.41) is 12.2. The molecule has 2 N–H and O–H groups in total. The smallest absolute Gasteiger partial charge is 0.344 e. The Morgan fingerprint density at radius 3 is 2.78 bits per heavy atom. The van der Waals surface area contributed by atoms with Crippen LogP contribution in [-0.4, -0.2) is 23.7 Å². The van der Waals surface area contributed by atoms with Crippen molar-refractivity contribution < 1.29 is 14.6 Å². The van der Waals surface area contributed by atoms with Gasteiger partial charge in [0, 0.05) is 16.6 Å². The Labute approximate surface area is 115 Å². The highest BCUT2D eigenvalue weighted by molar-refractivity contribution is 9.10. The highest BCUT2D eigenvalue weighted by atomic mass is 79.9. The first-order chi connectivity index (χ1) is 8.58. The van der Waals surface area contributed by atoms with E-state index in [1.807, 2.05) is 19.1 Å². The summed E-state index contributed by atoms with van der Waals surface area (Å²) in [5.41, 5.74) is 0.950. The molecule has 18 heavy (non-hydrogen) atoms. The van der Waals surface area contributed by atoms with Gasteiger partial charge in [0.25, 0.3) is 0 Å². The molecule has 0 aliphatic rings. The average molecular weight is 316 g/mol.